The third kappa shape index (κ3) is 5.59. The SMILES string of the molecule is COCCNS(=O)(=O)c1cccc(C(=O)NCCOc2ccc3c(c2)OCO3)c1. The molecule has 2 N–H and O–H groups in total. The van der Waals surface area contributed by atoms with E-state index in [0.717, 1.165) is 0 Å². The van der Waals surface area contributed by atoms with Gasteiger partial charge < -0.3 is 24.3 Å². The lowest BCUT2D eigenvalue weighted by Crippen LogP contribution is -2.29. The fraction of sp³-hybridized carbons (Fsp3) is 0.316. The van der Waals surface area contributed by atoms with E-state index in [4.69, 9.17) is 18.9 Å². The molecule has 1 amide bonds. The predicted molar refractivity (Wildman–Crippen MR) is 104 cm³/mol. The van der Waals surface area contributed by atoms with E-state index < -0.39 is 15.9 Å². The first-order chi connectivity index (χ1) is 14.0. The van der Waals surface area contributed by atoms with Crippen LogP contribution in [0, 0.1) is 0 Å². The molecule has 1 heterocycles. The van der Waals surface area contributed by atoms with E-state index >= 15 is 0 Å². The zero-order chi connectivity index (χ0) is 20.7. The molecule has 1 aliphatic rings. The lowest BCUT2D eigenvalue weighted by Gasteiger charge is -2.10. The van der Waals surface area contributed by atoms with Crippen LogP contribution in [0.15, 0.2) is 47.4 Å². The van der Waals surface area contributed by atoms with Gasteiger partial charge in [0.2, 0.25) is 16.8 Å². The summed E-state index contributed by atoms with van der Waals surface area (Å²) in [5.74, 6) is 1.48. The van der Waals surface area contributed by atoms with Crippen LogP contribution in [-0.2, 0) is 14.8 Å². The lowest BCUT2D eigenvalue weighted by atomic mass is 10.2. The lowest BCUT2D eigenvalue weighted by molar-refractivity contribution is 0.0946. The Hall–Kier alpha value is -2.82. The van der Waals surface area contributed by atoms with Crippen LogP contribution in [-0.4, -0.2) is 54.5 Å². The molecular formula is C19H22N2O7S. The van der Waals surface area contributed by atoms with Crippen LogP contribution < -0.4 is 24.2 Å². The van der Waals surface area contributed by atoms with Crippen molar-refractivity contribution < 1.29 is 32.2 Å². The van der Waals surface area contributed by atoms with Crippen LogP contribution in [0.2, 0.25) is 0 Å². The largest absolute Gasteiger partial charge is 0.492 e. The van der Waals surface area contributed by atoms with Crippen LogP contribution in [0.25, 0.3) is 0 Å². The smallest absolute Gasteiger partial charge is 0.251 e. The van der Waals surface area contributed by atoms with Crippen molar-refractivity contribution in [3.63, 3.8) is 0 Å². The number of hydrogen-bond acceptors (Lipinski definition) is 7. The Morgan fingerprint density at radius 2 is 1.90 bits per heavy atom. The standard InChI is InChI=1S/C19H22N2O7S/c1-25-9-8-21-29(23,24)16-4-2-3-14(11-16)19(22)20-7-10-26-15-5-6-17-18(12-15)28-13-27-17/h2-6,11-12,21H,7-10,13H2,1H3,(H,20,22). The number of ether oxygens (including phenoxy) is 4. The van der Waals surface area contributed by atoms with E-state index in [9.17, 15) is 13.2 Å². The maximum Gasteiger partial charge on any atom is 0.251 e. The van der Waals surface area contributed by atoms with Crippen LogP contribution >= 0.6 is 0 Å². The van der Waals surface area contributed by atoms with Crippen molar-refractivity contribution in [2.75, 3.05) is 40.2 Å². The second kappa shape index (κ2) is 9.59. The molecule has 2 aromatic rings. The Balaban J connectivity index is 1.50. The van der Waals surface area contributed by atoms with Gasteiger partial charge in [0.1, 0.15) is 12.4 Å². The minimum absolute atomic E-state index is 0.0119. The van der Waals surface area contributed by atoms with Crippen molar-refractivity contribution in [2.24, 2.45) is 0 Å². The molecule has 1 aliphatic heterocycles. The van der Waals surface area contributed by atoms with Gasteiger partial charge in [0, 0.05) is 25.3 Å². The molecule has 0 saturated heterocycles. The van der Waals surface area contributed by atoms with Crippen LogP contribution in [0.4, 0.5) is 0 Å². The first-order valence-corrected chi connectivity index (χ1v) is 10.4. The molecule has 0 bridgehead atoms. The Morgan fingerprint density at radius 1 is 1.07 bits per heavy atom. The molecule has 0 atom stereocenters. The average molecular weight is 422 g/mol. The summed E-state index contributed by atoms with van der Waals surface area (Å²) >= 11 is 0. The zero-order valence-electron chi connectivity index (χ0n) is 15.8. The average Bonchev–Trinajstić information content (AvgIpc) is 3.19. The highest BCUT2D eigenvalue weighted by atomic mass is 32.2. The third-order valence-corrected chi connectivity index (χ3v) is 5.46. The summed E-state index contributed by atoms with van der Waals surface area (Å²) in [5.41, 5.74) is 0.239. The van der Waals surface area contributed by atoms with E-state index in [1.807, 2.05) is 0 Å². The molecule has 0 saturated carbocycles. The molecule has 0 fully saturated rings. The van der Waals surface area contributed by atoms with Gasteiger partial charge in [0.05, 0.1) is 18.0 Å². The van der Waals surface area contributed by atoms with Gasteiger partial charge >= 0.3 is 0 Å². The number of carbonyl (C=O) groups excluding carboxylic acids is 1. The maximum absolute atomic E-state index is 12.3. The molecule has 29 heavy (non-hydrogen) atoms. The maximum atomic E-state index is 12.3. The second-order valence-electron chi connectivity index (χ2n) is 6.04. The normalized spacial score (nSPS) is 12.6. The summed E-state index contributed by atoms with van der Waals surface area (Å²) in [6.07, 6.45) is 0. The summed E-state index contributed by atoms with van der Waals surface area (Å²) in [7, 11) is -2.23. The molecule has 0 aliphatic carbocycles. The summed E-state index contributed by atoms with van der Waals surface area (Å²) in [6, 6.07) is 11.0. The Morgan fingerprint density at radius 3 is 2.72 bits per heavy atom. The van der Waals surface area contributed by atoms with Gasteiger partial charge in [-0.05, 0) is 30.3 Å². The number of nitrogens with one attached hydrogen (secondary N) is 2. The van der Waals surface area contributed by atoms with E-state index in [2.05, 4.69) is 10.0 Å². The molecule has 3 rings (SSSR count). The second-order valence-corrected chi connectivity index (χ2v) is 7.80. The van der Waals surface area contributed by atoms with Gasteiger partial charge in [-0.2, -0.15) is 0 Å². The van der Waals surface area contributed by atoms with Crippen LogP contribution in [0.1, 0.15) is 10.4 Å². The highest BCUT2D eigenvalue weighted by molar-refractivity contribution is 7.89. The minimum atomic E-state index is -3.71. The first kappa shape index (κ1) is 20.9. The monoisotopic (exact) mass is 422 g/mol. The van der Waals surface area contributed by atoms with Gasteiger partial charge in [0.15, 0.2) is 11.5 Å². The Bertz CT molecular complexity index is 963. The molecule has 0 radical (unpaired) electrons. The number of hydrogen-bond donors (Lipinski definition) is 2. The Kier molecular flexibility index (Phi) is 6.91. The number of carbonyl (C=O) groups is 1. The van der Waals surface area contributed by atoms with E-state index in [-0.39, 0.29) is 43.6 Å². The number of amides is 1. The Labute approximate surface area is 169 Å². The number of benzene rings is 2. The molecule has 156 valence electrons. The summed E-state index contributed by atoms with van der Waals surface area (Å²) < 4.78 is 47.8. The highest BCUT2D eigenvalue weighted by Gasteiger charge is 2.16. The summed E-state index contributed by atoms with van der Waals surface area (Å²) in [4.78, 5) is 12.3. The summed E-state index contributed by atoms with van der Waals surface area (Å²) in [6.45, 7) is 1.07. The third-order valence-electron chi connectivity index (χ3n) is 4.01. The number of rotatable bonds is 10. The topological polar surface area (TPSA) is 112 Å². The minimum Gasteiger partial charge on any atom is -0.492 e. The van der Waals surface area contributed by atoms with E-state index in [1.165, 1.54) is 25.3 Å². The fourth-order valence-corrected chi connectivity index (χ4v) is 3.63. The van der Waals surface area contributed by atoms with E-state index in [1.54, 1.807) is 24.3 Å². The number of fused-ring (bicyclic) bond motifs is 1. The summed E-state index contributed by atoms with van der Waals surface area (Å²) in [5, 5.41) is 2.70. The molecule has 0 unspecified atom stereocenters. The molecule has 10 heteroatoms. The highest BCUT2D eigenvalue weighted by Crippen LogP contribution is 2.34. The molecular weight excluding hydrogens is 400 g/mol. The fourth-order valence-electron chi connectivity index (χ4n) is 2.57. The van der Waals surface area contributed by atoms with Crippen molar-refractivity contribution in [1.29, 1.82) is 0 Å². The predicted octanol–water partition coefficient (Wildman–Crippen LogP) is 1.15. The van der Waals surface area contributed by atoms with Crippen molar-refractivity contribution in [3.8, 4) is 17.2 Å². The van der Waals surface area contributed by atoms with Crippen LogP contribution in [0.3, 0.4) is 0 Å². The van der Waals surface area contributed by atoms with Gasteiger partial charge in [0.25, 0.3) is 5.91 Å². The molecule has 9 nitrogen and oxygen atoms in total. The van der Waals surface area contributed by atoms with Gasteiger partial charge in [-0.15, -0.1) is 0 Å². The van der Waals surface area contributed by atoms with Gasteiger partial charge in [-0.3, -0.25) is 4.79 Å². The van der Waals surface area contributed by atoms with Crippen molar-refractivity contribution in [2.45, 2.75) is 4.90 Å². The molecule has 0 spiro atoms. The van der Waals surface area contributed by atoms with E-state index in [0.29, 0.717) is 17.2 Å². The first-order valence-electron chi connectivity index (χ1n) is 8.89. The molecule has 2 aromatic carbocycles. The number of sulfonamides is 1. The van der Waals surface area contributed by atoms with Gasteiger partial charge in [-0.1, -0.05) is 6.07 Å². The number of methoxy groups -OCH3 is 1. The van der Waals surface area contributed by atoms with Crippen LogP contribution in [0.5, 0.6) is 17.2 Å². The van der Waals surface area contributed by atoms with Gasteiger partial charge in [-0.25, -0.2) is 13.1 Å². The van der Waals surface area contributed by atoms with Crippen molar-refractivity contribution in [1.82, 2.24) is 10.0 Å². The van der Waals surface area contributed by atoms with Crippen molar-refractivity contribution in [3.05, 3.63) is 48.0 Å². The van der Waals surface area contributed by atoms with Crippen molar-refractivity contribution >= 4 is 15.9 Å². The zero-order valence-corrected chi connectivity index (χ0v) is 16.7. The molecule has 0 aromatic heterocycles. The quantitative estimate of drug-likeness (QED) is 0.553.